The van der Waals surface area contributed by atoms with Gasteiger partial charge in [0.25, 0.3) is 0 Å². The molecule has 29 heavy (non-hydrogen) atoms. The van der Waals surface area contributed by atoms with Gasteiger partial charge in [0.15, 0.2) is 0 Å². The van der Waals surface area contributed by atoms with Crippen LogP contribution in [0.2, 0.25) is 0 Å². The van der Waals surface area contributed by atoms with E-state index in [1.54, 1.807) is 12.1 Å². The summed E-state index contributed by atoms with van der Waals surface area (Å²) in [6.07, 6.45) is 4.94. The summed E-state index contributed by atoms with van der Waals surface area (Å²) >= 11 is 0. The van der Waals surface area contributed by atoms with Crippen LogP contribution in [0.25, 0.3) is 0 Å². The number of hydrogen-bond acceptors (Lipinski definition) is 4. The number of hydrogen-bond donors (Lipinski definition) is 1. The number of nitrogens with zero attached hydrogens (tertiary/aromatic N) is 1. The van der Waals surface area contributed by atoms with Crippen molar-refractivity contribution in [3.05, 3.63) is 53.6 Å². The highest BCUT2D eigenvalue weighted by atomic mass is 32.2. The second-order valence-corrected chi connectivity index (χ2v) is 9.55. The summed E-state index contributed by atoms with van der Waals surface area (Å²) in [4.78, 5) is 2.43. The molecule has 0 saturated heterocycles. The number of anilines is 1. The van der Waals surface area contributed by atoms with Crippen LogP contribution in [0.5, 0.6) is 11.5 Å². The lowest BCUT2D eigenvalue weighted by atomic mass is 10.1. The molecule has 3 rings (SSSR count). The highest BCUT2D eigenvalue weighted by molar-refractivity contribution is 7.92. The normalized spacial score (nSPS) is 14.0. The zero-order valence-electron chi connectivity index (χ0n) is 17.5. The van der Waals surface area contributed by atoms with E-state index < -0.39 is 10.0 Å². The van der Waals surface area contributed by atoms with Gasteiger partial charge in [0.1, 0.15) is 11.5 Å². The molecule has 1 heterocycles. The summed E-state index contributed by atoms with van der Waals surface area (Å²) in [5.74, 6) is 1.75. The van der Waals surface area contributed by atoms with Gasteiger partial charge in [0.2, 0.25) is 10.0 Å². The van der Waals surface area contributed by atoms with Crippen molar-refractivity contribution < 1.29 is 13.2 Å². The van der Waals surface area contributed by atoms with Crippen molar-refractivity contribution in [3.8, 4) is 11.5 Å². The molecular weight excluding hydrogens is 384 g/mol. The van der Waals surface area contributed by atoms with Crippen LogP contribution in [0.3, 0.4) is 0 Å². The van der Waals surface area contributed by atoms with Crippen LogP contribution < -0.4 is 9.46 Å². The van der Waals surface area contributed by atoms with Crippen molar-refractivity contribution in [2.45, 2.75) is 59.0 Å². The molecular formula is C23H32N2O3S. The van der Waals surface area contributed by atoms with Crippen molar-refractivity contribution in [1.82, 2.24) is 4.90 Å². The Labute approximate surface area is 175 Å². The summed E-state index contributed by atoms with van der Waals surface area (Å²) in [6.45, 7) is 7.28. The molecule has 0 unspecified atom stereocenters. The molecule has 1 aliphatic heterocycles. The van der Waals surface area contributed by atoms with Gasteiger partial charge in [0, 0.05) is 24.3 Å². The third kappa shape index (κ3) is 6.21. The summed E-state index contributed by atoms with van der Waals surface area (Å²) in [5.41, 5.74) is 3.14. The topological polar surface area (TPSA) is 58.6 Å². The Kier molecular flexibility index (Phi) is 7.56. The molecule has 1 N–H and O–H groups in total. The van der Waals surface area contributed by atoms with Crippen LogP contribution >= 0.6 is 0 Å². The molecule has 2 aromatic rings. The van der Waals surface area contributed by atoms with E-state index >= 15 is 0 Å². The first-order valence-electron chi connectivity index (χ1n) is 10.6. The molecule has 0 aliphatic carbocycles. The average molecular weight is 417 g/mol. The molecule has 0 radical (unpaired) electrons. The van der Waals surface area contributed by atoms with Crippen LogP contribution in [-0.2, 0) is 23.1 Å². The van der Waals surface area contributed by atoms with Crippen molar-refractivity contribution in [2.24, 2.45) is 0 Å². The van der Waals surface area contributed by atoms with Gasteiger partial charge in [-0.1, -0.05) is 45.2 Å². The maximum Gasteiger partial charge on any atom is 0.232 e. The molecule has 158 valence electrons. The van der Waals surface area contributed by atoms with Crippen molar-refractivity contribution in [1.29, 1.82) is 0 Å². The zero-order valence-corrected chi connectivity index (χ0v) is 18.3. The van der Waals surface area contributed by atoms with E-state index in [0.29, 0.717) is 17.9 Å². The number of rotatable bonds is 11. The van der Waals surface area contributed by atoms with E-state index in [4.69, 9.17) is 4.74 Å². The molecule has 6 heteroatoms. The number of fused-ring (bicyclic) bond motifs is 1. The number of sulfonamides is 1. The van der Waals surface area contributed by atoms with Crippen molar-refractivity contribution in [2.75, 3.05) is 17.0 Å². The van der Waals surface area contributed by atoms with E-state index in [1.165, 1.54) is 11.1 Å². The fraction of sp³-hybridized carbons (Fsp3) is 0.478. The van der Waals surface area contributed by atoms with Crippen molar-refractivity contribution >= 4 is 15.7 Å². The first-order valence-corrected chi connectivity index (χ1v) is 12.3. The number of benzene rings is 2. The maximum atomic E-state index is 12.2. The SMILES string of the molecule is CCCCCCS(=O)(=O)Nc1ccc(Oc2cccc3c2CN(CCC)C3)cc1. The predicted molar refractivity (Wildman–Crippen MR) is 119 cm³/mol. The lowest BCUT2D eigenvalue weighted by Crippen LogP contribution is -2.16. The van der Waals surface area contributed by atoms with Crippen LogP contribution in [0, 0.1) is 0 Å². The number of nitrogens with one attached hydrogen (secondary N) is 1. The van der Waals surface area contributed by atoms with E-state index in [0.717, 1.165) is 51.1 Å². The van der Waals surface area contributed by atoms with Crippen LogP contribution in [-0.4, -0.2) is 25.6 Å². The Morgan fingerprint density at radius 2 is 1.76 bits per heavy atom. The highest BCUT2D eigenvalue weighted by Crippen LogP contribution is 2.34. The van der Waals surface area contributed by atoms with Crippen LogP contribution in [0.15, 0.2) is 42.5 Å². The van der Waals surface area contributed by atoms with Gasteiger partial charge < -0.3 is 4.74 Å². The van der Waals surface area contributed by atoms with Gasteiger partial charge >= 0.3 is 0 Å². The Bertz CT molecular complexity index is 895. The zero-order chi connectivity index (χ0) is 20.7. The molecule has 0 spiro atoms. The monoisotopic (exact) mass is 416 g/mol. The second kappa shape index (κ2) is 10.1. The molecule has 0 amide bonds. The minimum absolute atomic E-state index is 0.162. The lowest BCUT2D eigenvalue weighted by Gasteiger charge is -2.13. The summed E-state index contributed by atoms with van der Waals surface area (Å²) in [6, 6.07) is 13.3. The Morgan fingerprint density at radius 3 is 2.48 bits per heavy atom. The Hall–Kier alpha value is -2.05. The number of unbranched alkanes of at least 4 members (excludes halogenated alkanes) is 3. The first kappa shape index (κ1) is 21.7. The first-order chi connectivity index (χ1) is 14.0. The van der Waals surface area contributed by atoms with Crippen LogP contribution in [0.4, 0.5) is 5.69 Å². The molecule has 0 aromatic heterocycles. The van der Waals surface area contributed by atoms with Gasteiger partial charge in [-0.25, -0.2) is 8.42 Å². The highest BCUT2D eigenvalue weighted by Gasteiger charge is 2.21. The maximum absolute atomic E-state index is 12.2. The van der Waals surface area contributed by atoms with E-state index in [9.17, 15) is 8.42 Å². The molecule has 1 aliphatic rings. The molecule has 0 atom stereocenters. The average Bonchev–Trinajstić information content (AvgIpc) is 3.11. The molecule has 5 nitrogen and oxygen atoms in total. The Morgan fingerprint density at radius 1 is 0.966 bits per heavy atom. The number of ether oxygens (including phenoxy) is 1. The van der Waals surface area contributed by atoms with E-state index in [2.05, 4.69) is 29.5 Å². The Balaban J connectivity index is 1.60. The quantitative estimate of drug-likeness (QED) is 0.490. The minimum atomic E-state index is -3.30. The molecule has 0 bridgehead atoms. The fourth-order valence-electron chi connectivity index (χ4n) is 3.70. The standard InChI is InChI=1S/C23H32N2O3S/c1-3-5-6-7-16-29(26,27)24-20-11-13-21(14-12-20)28-23-10-8-9-19-17-25(15-4-2)18-22(19)23/h8-14,24H,3-7,15-18H2,1-2H3. The van der Waals surface area contributed by atoms with Gasteiger partial charge in [-0.05, 0) is 55.3 Å². The fourth-order valence-corrected chi connectivity index (χ4v) is 4.88. The van der Waals surface area contributed by atoms with Gasteiger partial charge in [-0.2, -0.15) is 0 Å². The van der Waals surface area contributed by atoms with E-state index in [1.807, 2.05) is 24.3 Å². The minimum Gasteiger partial charge on any atom is -0.457 e. The van der Waals surface area contributed by atoms with Crippen LogP contribution in [0.1, 0.15) is 57.1 Å². The molecule has 2 aromatic carbocycles. The summed E-state index contributed by atoms with van der Waals surface area (Å²) < 4.78 is 33.2. The summed E-state index contributed by atoms with van der Waals surface area (Å²) in [7, 11) is -3.30. The third-order valence-corrected chi connectivity index (χ3v) is 6.54. The van der Waals surface area contributed by atoms with Crippen molar-refractivity contribution in [3.63, 3.8) is 0 Å². The van der Waals surface area contributed by atoms with Gasteiger partial charge in [-0.15, -0.1) is 0 Å². The third-order valence-electron chi connectivity index (χ3n) is 5.17. The lowest BCUT2D eigenvalue weighted by molar-refractivity contribution is 0.283. The van der Waals surface area contributed by atoms with E-state index in [-0.39, 0.29) is 5.75 Å². The predicted octanol–water partition coefficient (Wildman–Crippen LogP) is 5.53. The van der Waals surface area contributed by atoms with Gasteiger partial charge in [0.05, 0.1) is 5.75 Å². The molecule has 0 saturated carbocycles. The second-order valence-electron chi connectivity index (χ2n) is 7.71. The summed E-state index contributed by atoms with van der Waals surface area (Å²) in [5, 5.41) is 0. The largest absolute Gasteiger partial charge is 0.457 e. The smallest absolute Gasteiger partial charge is 0.232 e. The van der Waals surface area contributed by atoms with Gasteiger partial charge in [-0.3, -0.25) is 9.62 Å². The molecule has 0 fully saturated rings.